The normalized spacial score (nSPS) is 12.1. The molecular weight excluding hydrogens is 552 g/mol. The Balaban J connectivity index is 2.03. The molecule has 0 saturated carbocycles. The number of amides is 2. The molecule has 0 fully saturated rings. The van der Waals surface area contributed by atoms with E-state index in [4.69, 9.17) is 4.74 Å². The molecule has 3 aromatic carbocycles. The minimum atomic E-state index is -4.32. The number of carbonyl (C=O) groups is 2. The van der Waals surface area contributed by atoms with Gasteiger partial charge in [0, 0.05) is 13.1 Å². The lowest BCUT2D eigenvalue weighted by Crippen LogP contribution is -2.52. The number of nitrogens with zero attached hydrogens (tertiary/aromatic N) is 2. The molecule has 8 nitrogen and oxygen atoms in total. The molecule has 0 aliphatic heterocycles. The van der Waals surface area contributed by atoms with Crippen LogP contribution < -0.4 is 14.4 Å². The van der Waals surface area contributed by atoms with Gasteiger partial charge in [-0.3, -0.25) is 13.9 Å². The van der Waals surface area contributed by atoms with E-state index < -0.39 is 40.2 Å². The number of anilines is 1. The molecule has 2 amide bonds. The molecule has 3 aromatic rings. The Kier molecular flexibility index (Phi) is 10.8. The molecule has 0 bridgehead atoms. The Morgan fingerprint density at radius 2 is 1.46 bits per heavy atom. The van der Waals surface area contributed by atoms with E-state index in [2.05, 4.69) is 5.32 Å². The quantitative estimate of drug-likeness (QED) is 0.312. The van der Waals surface area contributed by atoms with Crippen molar-refractivity contribution in [2.45, 2.75) is 44.7 Å². The summed E-state index contributed by atoms with van der Waals surface area (Å²) in [7, 11) is -2.87. The Hall–Kier alpha value is -3.99. The van der Waals surface area contributed by atoms with Crippen LogP contribution in [0.3, 0.4) is 0 Å². The van der Waals surface area contributed by atoms with Gasteiger partial charge in [-0.1, -0.05) is 32.9 Å². The minimum absolute atomic E-state index is 0.0629. The highest BCUT2D eigenvalue weighted by molar-refractivity contribution is 7.92. The zero-order valence-corrected chi connectivity index (χ0v) is 24.3. The fraction of sp³-hybridized carbons (Fsp3) is 0.333. The molecular formula is C30H35F2N3O5S. The number of hydrogen-bond acceptors (Lipinski definition) is 5. The van der Waals surface area contributed by atoms with Gasteiger partial charge in [-0.25, -0.2) is 17.2 Å². The number of benzene rings is 3. The third-order valence-electron chi connectivity index (χ3n) is 6.38. The van der Waals surface area contributed by atoms with Crippen molar-refractivity contribution >= 4 is 27.5 Å². The molecule has 0 heterocycles. The van der Waals surface area contributed by atoms with Gasteiger partial charge < -0.3 is 15.0 Å². The summed E-state index contributed by atoms with van der Waals surface area (Å²) in [6, 6.07) is 14.9. The molecule has 1 atom stereocenters. The molecule has 1 N–H and O–H groups in total. The molecule has 220 valence electrons. The summed E-state index contributed by atoms with van der Waals surface area (Å²) in [4.78, 5) is 28.3. The van der Waals surface area contributed by atoms with Crippen molar-refractivity contribution in [2.24, 2.45) is 5.92 Å². The first-order valence-electron chi connectivity index (χ1n) is 13.2. The lowest BCUT2D eigenvalue weighted by atomic mass is 10.1. The van der Waals surface area contributed by atoms with Crippen LogP contribution in [-0.2, 0) is 26.2 Å². The van der Waals surface area contributed by atoms with Crippen molar-refractivity contribution in [3.8, 4) is 5.75 Å². The van der Waals surface area contributed by atoms with Crippen LogP contribution in [0.2, 0.25) is 0 Å². The molecule has 0 radical (unpaired) electrons. The van der Waals surface area contributed by atoms with E-state index in [0.717, 1.165) is 16.4 Å². The largest absolute Gasteiger partial charge is 0.497 e. The maximum Gasteiger partial charge on any atom is 0.264 e. The summed E-state index contributed by atoms with van der Waals surface area (Å²) in [6.07, 6.45) is 0.249. The van der Waals surface area contributed by atoms with Crippen LogP contribution in [0.25, 0.3) is 0 Å². The topological polar surface area (TPSA) is 96.0 Å². The number of rotatable bonds is 13. The van der Waals surface area contributed by atoms with Gasteiger partial charge in [0.05, 0.1) is 17.7 Å². The van der Waals surface area contributed by atoms with Gasteiger partial charge in [0.2, 0.25) is 11.8 Å². The molecule has 0 aromatic heterocycles. The van der Waals surface area contributed by atoms with E-state index in [0.29, 0.717) is 17.9 Å². The van der Waals surface area contributed by atoms with Crippen LogP contribution >= 0.6 is 0 Å². The van der Waals surface area contributed by atoms with Gasteiger partial charge in [-0.05, 0) is 78.6 Å². The van der Waals surface area contributed by atoms with Gasteiger partial charge >= 0.3 is 0 Å². The fourth-order valence-corrected chi connectivity index (χ4v) is 5.55. The van der Waals surface area contributed by atoms with Crippen LogP contribution in [-0.4, -0.2) is 51.4 Å². The summed E-state index contributed by atoms with van der Waals surface area (Å²) in [5.41, 5.74) is 0.621. The number of ether oxygens (including phenoxy) is 1. The summed E-state index contributed by atoms with van der Waals surface area (Å²) >= 11 is 0. The molecule has 41 heavy (non-hydrogen) atoms. The minimum Gasteiger partial charge on any atom is -0.497 e. The van der Waals surface area contributed by atoms with Crippen LogP contribution in [0.5, 0.6) is 5.75 Å². The van der Waals surface area contributed by atoms with Crippen molar-refractivity contribution in [2.75, 3.05) is 24.5 Å². The number of halogens is 2. The van der Waals surface area contributed by atoms with E-state index in [1.165, 1.54) is 72.7 Å². The highest BCUT2D eigenvalue weighted by Crippen LogP contribution is 2.26. The highest BCUT2D eigenvalue weighted by atomic mass is 32.2. The first kappa shape index (κ1) is 31.5. The van der Waals surface area contributed by atoms with Crippen molar-refractivity contribution in [1.29, 1.82) is 0 Å². The highest BCUT2D eigenvalue weighted by Gasteiger charge is 2.33. The lowest BCUT2D eigenvalue weighted by Gasteiger charge is -2.33. The predicted molar refractivity (Wildman–Crippen MR) is 153 cm³/mol. The van der Waals surface area contributed by atoms with Gasteiger partial charge in [-0.2, -0.15) is 0 Å². The number of hydrogen-bond donors (Lipinski definition) is 1. The summed E-state index contributed by atoms with van der Waals surface area (Å²) < 4.78 is 61.0. The molecule has 11 heteroatoms. The molecule has 0 saturated heterocycles. The first-order valence-corrected chi connectivity index (χ1v) is 14.6. The Morgan fingerprint density at radius 1 is 0.902 bits per heavy atom. The standard InChI is InChI=1S/C30H35F2N3O5S/c1-5-28(30(37)33-18-21(2)3)34(19-22-6-8-23(31)9-7-22)29(36)20-35(25-12-10-24(32)11-13-25)41(38,39)27-16-14-26(40-4)15-17-27/h6-17,21,28H,5,18-20H2,1-4H3,(H,33,37)/t28-/m0/s1. The average Bonchev–Trinajstić information content (AvgIpc) is 2.96. The van der Waals surface area contributed by atoms with E-state index in [-0.39, 0.29) is 35.4 Å². The van der Waals surface area contributed by atoms with Gasteiger partial charge in [0.1, 0.15) is 30.0 Å². The number of carbonyl (C=O) groups excluding carboxylic acids is 2. The van der Waals surface area contributed by atoms with Crippen molar-refractivity contribution < 1.29 is 31.5 Å². The number of methoxy groups -OCH3 is 1. The second kappa shape index (κ2) is 14.1. The monoisotopic (exact) mass is 587 g/mol. The van der Waals surface area contributed by atoms with Crippen LogP contribution in [0.1, 0.15) is 32.8 Å². The maximum atomic E-state index is 14.0. The van der Waals surface area contributed by atoms with Gasteiger partial charge in [-0.15, -0.1) is 0 Å². The van der Waals surface area contributed by atoms with Crippen LogP contribution in [0, 0.1) is 17.6 Å². The zero-order valence-electron chi connectivity index (χ0n) is 23.5. The van der Waals surface area contributed by atoms with Crippen molar-refractivity contribution in [3.63, 3.8) is 0 Å². The number of sulfonamides is 1. The lowest BCUT2D eigenvalue weighted by molar-refractivity contribution is -0.140. The third kappa shape index (κ3) is 8.26. The fourth-order valence-electron chi connectivity index (χ4n) is 4.14. The van der Waals surface area contributed by atoms with Crippen molar-refractivity contribution in [1.82, 2.24) is 10.2 Å². The van der Waals surface area contributed by atoms with Crippen LogP contribution in [0.4, 0.5) is 14.5 Å². The van der Waals surface area contributed by atoms with E-state index in [1.807, 2.05) is 13.8 Å². The summed E-state index contributed by atoms with van der Waals surface area (Å²) in [5.74, 6) is -1.47. The van der Waals surface area contributed by atoms with Crippen molar-refractivity contribution in [3.05, 3.63) is 90.0 Å². The number of nitrogens with one attached hydrogen (secondary N) is 1. The van der Waals surface area contributed by atoms with Gasteiger partial charge in [0.15, 0.2) is 0 Å². The second-order valence-electron chi connectivity index (χ2n) is 9.87. The third-order valence-corrected chi connectivity index (χ3v) is 8.17. The molecule has 0 aliphatic carbocycles. The molecule has 3 rings (SSSR count). The SMILES string of the molecule is CC[C@@H](C(=O)NCC(C)C)N(Cc1ccc(F)cc1)C(=O)CN(c1ccc(F)cc1)S(=O)(=O)c1ccc(OC)cc1. The Labute approximate surface area is 240 Å². The van der Waals surface area contributed by atoms with Crippen LogP contribution in [0.15, 0.2) is 77.7 Å². The van der Waals surface area contributed by atoms with E-state index >= 15 is 0 Å². The smallest absolute Gasteiger partial charge is 0.264 e. The average molecular weight is 588 g/mol. The maximum absolute atomic E-state index is 14.0. The summed E-state index contributed by atoms with van der Waals surface area (Å²) in [6.45, 7) is 5.28. The molecule has 0 aliphatic rings. The zero-order chi connectivity index (χ0) is 30.2. The summed E-state index contributed by atoms with van der Waals surface area (Å²) in [5, 5.41) is 2.84. The second-order valence-corrected chi connectivity index (χ2v) is 11.7. The van der Waals surface area contributed by atoms with E-state index in [9.17, 15) is 26.8 Å². The Bertz CT molecular complexity index is 1410. The molecule has 0 unspecified atom stereocenters. The predicted octanol–water partition coefficient (Wildman–Crippen LogP) is 4.75. The first-order chi connectivity index (χ1) is 19.5. The molecule has 0 spiro atoms. The Morgan fingerprint density at radius 3 is 1.98 bits per heavy atom. The van der Waals surface area contributed by atoms with E-state index in [1.54, 1.807) is 6.92 Å². The van der Waals surface area contributed by atoms with Gasteiger partial charge in [0.25, 0.3) is 10.0 Å².